The van der Waals surface area contributed by atoms with E-state index < -0.39 is 0 Å². The van der Waals surface area contributed by atoms with Crippen molar-refractivity contribution in [1.29, 1.82) is 0 Å². The highest BCUT2D eigenvalue weighted by Gasteiger charge is 1.99. The number of rotatable bonds is 4. The molecule has 0 rings (SSSR count). The number of thioether (sulfide) groups is 1. The fourth-order valence-electron chi connectivity index (χ4n) is 0.849. The number of hydrogen-bond donors (Lipinski definition) is 2. The lowest BCUT2D eigenvalue weighted by Gasteiger charge is -2.10. The Morgan fingerprint density at radius 2 is 2.08 bits per heavy atom. The summed E-state index contributed by atoms with van der Waals surface area (Å²) in [7, 11) is 0. The summed E-state index contributed by atoms with van der Waals surface area (Å²) in [6.07, 6.45) is 2.07. The van der Waals surface area contributed by atoms with Gasteiger partial charge < -0.3 is 11.1 Å². The van der Waals surface area contributed by atoms with E-state index in [1.165, 1.54) is 0 Å². The van der Waals surface area contributed by atoms with Crippen molar-refractivity contribution in [3.05, 3.63) is 0 Å². The SMILES string of the molecule is CSCC(C)N=C(N)NC(C)C. The summed E-state index contributed by atoms with van der Waals surface area (Å²) in [4.78, 5) is 4.27. The van der Waals surface area contributed by atoms with Crippen LogP contribution in [-0.2, 0) is 0 Å². The summed E-state index contributed by atoms with van der Waals surface area (Å²) in [6.45, 7) is 6.15. The smallest absolute Gasteiger partial charge is 0.189 e. The molecule has 0 fully saturated rings. The van der Waals surface area contributed by atoms with Gasteiger partial charge in [0.05, 0.1) is 6.04 Å². The molecule has 0 saturated heterocycles. The molecule has 0 amide bonds. The van der Waals surface area contributed by atoms with E-state index in [0.717, 1.165) is 5.75 Å². The van der Waals surface area contributed by atoms with Crippen LogP contribution in [0.2, 0.25) is 0 Å². The fraction of sp³-hybridized carbons (Fsp3) is 0.875. The van der Waals surface area contributed by atoms with Crippen molar-refractivity contribution in [1.82, 2.24) is 5.32 Å². The molecular formula is C8H19N3S. The number of nitrogens with two attached hydrogens (primary N) is 1. The number of aliphatic imine (C=N–C) groups is 1. The largest absolute Gasteiger partial charge is 0.370 e. The highest BCUT2D eigenvalue weighted by Crippen LogP contribution is 1.99. The van der Waals surface area contributed by atoms with Crippen molar-refractivity contribution in [3.63, 3.8) is 0 Å². The Kier molecular flexibility index (Phi) is 5.98. The second kappa shape index (κ2) is 6.17. The van der Waals surface area contributed by atoms with Crippen LogP contribution in [0.1, 0.15) is 20.8 Å². The molecule has 0 saturated carbocycles. The van der Waals surface area contributed by atoms with Gasteiger partial charge in [0, 0.05) is 11.8 Å². The van der Waals surface area contributed by atoms with Gasteiger partial charge in [-0.15, -0.1) is 0 Å². The second-order valence-electron chi connectivity index (χ2n) is 3.12. The summed E-state index contributed by atoms with van der Waals surface area (Å²) in [6, 6.07) is 0.654. The minimum Gasteiger partial charge on any atom is -0.370 e. The van der Waals surface area contributed by atoms with Gasteiger partial charge in [-0.05, 0) is 27.0 Å². The van der Waals surface area contributed by atoms with E-state index in [1.54, 1.807) is 11.8 Å². The lowest BCUT2D eigenvalue weighted by atomic mass is 10.4. The molecule has 72 valence electrons. The first-order valence-electron chi connectivity index (χ1n) is 4.15. The van der Waals surface area contributed by atoms with Crippen LogP contribution in [0.25, 0.3) is 0 Å². The van der Waals surface area contributed by atoms with Crippen molar-refractivity contribution in [2.45, 2.75) is 32.9 Å². The maximum Gasteiger partial charge on any atom is 0.189 e. The van der Waals surface area contributed by atoms with Gasteiger partial charge in [0.1, 0.15) is 0 Å². The molecule has 12 heavy (non-hydrogen) atoms. The predicted octanol–water partition coefficient (Wildman–Crippen LogP) is 1.05. The van der Waals surface area contributed by atoms with E-state index >= 15 is 0 Å². The van der Waals surface area contributed by atoms with Crippen LogP contribution >= 0.6 is 11.8 Å². The van der Waals surface area contributed by atoms with Crippen LogP contribution in [0.15, 0.2) is 4.99 Å². The van der Waals surface area contributed by atoms with E-state index in [2.05, 4.69) is 23.5 Å². The second-order valence-corrected chi connectivity index (χ2v) is 4.03. The normalized spacial score (nSPS) is 14.9. The molecule has 0 spiro atoms. The molecule has 0 aromatic heterocycles. The van der Waals surface area contributed by atoms with Crippen LogP contribution in [0.4, 0.5) is 0 Å². The highest BCUT2D eigenvalue weighted by molar-refractivity contribution is 7.98. The first-order chi connectivity index (χ1) is 5.56. The van der Waals surface area contributed by atoms with E-state index in [0.29, 0.717) is 18.0 Å². The lowest BCUT2D eigenvalue weighted by Crippen LogP contribution is -2.37. The molecule has 0 aliphatic heterocycles. The van der Waals surface area contributed by atoms with Gasteiger partial charge >= 0.3 is 0 Å². The van der Waals surface area contributed by atoms with E-state index in [1.807, 2.05) is 13.8 Å². The fourth-order valence-corrected chi connectivity index (χ4v) is 1.41. The topological polar surface area (TPSA) is 50.4 Å². The zero-order chi connectivity index (χ0) is 9.56. The molecule has 0 radical (unpaired) electrons. The minimum absolute atomic E-state index is 0.297. The molecular weight excluding hydrogens is 170 g/mol. The molecule has 4 heteroatoms. The number of hydrogen-bond acceptors (Lipinski definition) is 2. The lowest BCUT2D eigenvalue weighted by molar-refractivity contribution is 0.715. The van der Waals surface area contributed by atoms with Gasteiger partial charge in [-0.3, -0.25) is 0 Å². The van der Waals surface area contributed by atoms with Crippen LogP contribution in [0.5, 0.6) is 0 Å². The van der Waals surface area contributed by atoms with Gasteiger partial charge in [0.15, 0.2) is 5.96 Å². The summed E-state index contributed by atoms with van der Waals surface area (Å²) >= 11 is 1.78. The molecule has 1 atom stereocenters. The third-order valence-electron chi connectivity index (χ3n) is 1.20. The monoisotopic (exact) mass is 189 g/mol. The molecule has 1 unspecified atom stereocenters. The Morgan fingerprint density at radius 1 is 1.50 bits per heavy atom. The van der Waals surface area contributed by atoms with Crippen molar-refractivity contribution < 1.29 is 0 Å². The maximum atomic E-state index is 5.64. The average molecular weight is 189 g/mol. The van der Waals surface area contributed by atoms with Crippen molar-refractivity contribution >= 4 is 17.7 Å². The zero-order valence-corrected chi connectivity index (χ0v) is 9.11. The molecule has 3 N–H and O–H groups in total. The standard InChI is InChI=1S/C8H19N3S/c1-6(2)10-8(9)11-7(3)5-12-4/h6-7H,5H2,1-4H3,(H3,9,10,11). The van der Waals surface area contributed by atoms with Crippen LogP contribution < -0.4 is 11.1 Å². The molecule has 0 aromatic carbocycles. The third kappa shape index (κ3) is 6.34. The molecule has 3 nitrogen and oxygen atoms in total. The summed E-state index contributed by atoms with van der Waals surface area (Å²) in [5.41, 5.74) is 5.64. The Morgan fingerprint density at radius 3 is 2.50 bits per heavy atom. The summed E-state index contributed by atoms with van der Waals surface area (Å²) < 4.78 is 0. The van der Waals surface area contributed by atoms with Crippen molar-refractivity contribution in [2.75, 3.05) is 12.0 Å². The first kappa shape index (κ1) is 11.6. The van der Waals surface area contributed by atoms with Crippen molar-refractivity contribution in [3.8, 4) is 0 Å². The number of guanidine groups is 1. The van der Waals surface area contributed by atoms with Gasteiger partial charge in [-0.1, -0.05) is 0 Å². The Labute approximate surface area is 79.2 Å². The molecule has 0 bridgehead atoms. The van der Waals surface area contributed by atoms with Gasteiger partial charge in [0.2, 0.25) is 0 Å². The van der Waals surface area contributed by atoms with Gasteiger partial charge in [0.25, 0.3) is 0 Å². The highest BCUT2D eigenvalue weighted by atomic mass is 32.2. The predicted molar refractivity (Wildman–Crippen MR) is 57.7 cm³/mol. The Bertz CT molecular complexity index is 145. The summed E-state index contributed by atoms with van der Waals surface area (Å²) in [5.74, 6) is 1.56. The van der Waals surface area contributed by atoms with E-state index in [-0.39, 0.29) is 0 Å². The number of nitrogens with zero attached hydrogens (tertiary/aromatic N) is 1. The molecule has 0 aromatic rings. The van der Waals surface area contributed by atoms with Crippen LogP contribution in [-0.4, -0.2) is 30.1 Å². The maximum absolute atomic E-state index is 5.64. The average Bonchev–Trinajstić information content (AvgIpc) is 1.84. The molecule has 0 aliphatic rings. The van der Waals surface area contributed by atoms with Gasteiger partial charge in [-0.2, -0.15) is 11.8 Å². The zero-order valence-electron chi connectivity index (χ0n) is 8.29. The Balaban J connectivity index is 3.80. The Hall–Kier alpha value is -0.380. The quantitative estimate of drug-likeness (QED) is 0.513. The molecule has 0 heterocycles. The first-order valence-corrected chi connectivity index (χ1v) is 5.54. The van der Waals surface area contributed by atoms with Gasteiger partial charge in [-0.25, -0.2) is 4.99 Å². The molecule has 0 aliphatic carbocycles. The number of nitrogens with one attached hydrogen (secondary N) is 1. The van der Waals surface area contributed by atoms with Crippen LogP contribution in [0, 0.1) is 0 Å². The van der Waals surface area contributed by atoms with Crippen LogP contribution in [0.3, 0.4) is 0 Å². The minimum atomic E-state index is 0.297. The summed E-state index contributed by atoms with van der Waals surface area (Å²) in [5, 5.41) is 3.05. The third-order valence-corrected chi connectivity index (χ3v) is 2.02. The van der Waals surface area contributed by atoms with E-state index in [9.17, 15) is 0 Å². The van der Waals surface area contributed by atoms with E-state index in [4.69, 9.17) is 5.73 Å². The van der Waals surface area contributed by atoms with Crippen molar-refractivity contribution in [2.24, 2.45) is 10.7 Å².